The molecular formula is C13H22BrN3O. The smallest absolute Gasteiger partial charge is 0.131 e. The SMILES string of the molecule is CCCCOCCCNc1cc(Br)nc(CC)n1. The number of nitrogens with zero attached hydrogens (tertiary/aromatic N) is 2. The predicted molar refractivity (Wildman–Crippen MR) is 77.9 cm³/mol. The molecule has 0 atom stereocenters. The number of hydrogen-bond donors (Lipinski definition) is 1. The molecule has 5 heteroatoms. The zero-order chi connectivity index (χ0) is 13.2. The Bertz CT molecular complexity index is 347. The van der Waals surface area contributed by atoms with E-state index in [0.717, 1.165) is 55.3 Å². The Balaban J connectivity index is 2.20. The van der Waals surface area contributed by atoms with Crippen molar-refractivity contribution in [3.8, 4) is 0 Å². The highest BCUT2D eigenvalue weighted by atomic mass is 79.9. The summed E-state index contributed by atoms with van der Waals surface area (Å²) >= 11 is 3.39. The third kappa shape index (κ3) is 6.31. The highest BCUT2D eigenvalue weighted by Gasteiger charge is 2.00. The van der Waals surface area contributed by atoms with E-state index in [0.29, 0.717) is 0 Å². The fourth-order valence-corrected chi connectivity index (χ4v) is 1.87. The first kappa shape index (κ1) is 15.4. The molecule has 0 unspecified atom stereocenters. The molecule has 0 radical (unpaired) electrons. The molecule has 1 aromatic rings. The van der Waals surface area contributed by atoms with E-state index in [9.17, 15) is 0 Å². The van der Waals surface area contributed by atoms with Gasteiger partial charge in [0.2, 0.25) is 0 Å². The fraction of sp³-hybridized carbons (Fsp3) is 0.692. The van der Waals surface area contributed by atoms with Crippen molar-refractivity contribution in [3.05, 3.63) is 16.5 Å². The molecule has 1 aromatic heterocycles. The lowest BCUT2D eigenvalue weighted by atomic mass is 10.3. The monoisotopic (exact) mass is 315 g/mol. The number of rotatable bonds is 9. The third-order valence-electron chi connectivity index (χ3n) is 2.47. The zero-order valence-corrected chi connectivity index (χ0v) is 12.8. The van der Waals surface area contributed by atoms with Gasteiger partial charge in [-0.3, -0.25) is 0 Å². The van der Waals surface area contributed by atoms with Crippen LogP contribution in [0.15, 0.2) is 10.7 Å². The van der Waals surface area contributed by atoms with Gasteiger partial charge in [-0.2, -0.15) is 0 Å². The van der Waals surface area contributed by atoms with Crippen LogP contribution in [0.3, 0.4) is 0 Å². The molecule has 0 aliphatic heterocycles. The van der Waals surface area contributed by atoms with Crippen LogP contribution in [-0.2, 0) is 11.2 Å². The van der Waals surface area contributed by atoms with Gasteiger partial charge < -0.3 is 10.1 Å². The van der Waals surface area contributed by atoms with E-state index >= 15 is 0 Å². The van der Waals surface area contributed by atoms with Crippen LogP contribution < -0.4 is 5.32 Å². The van der Waals surface area contributed by atoms with E-state index in [1.807, 2.05) is 13.0 Å². The molecule has 4 nitrogen and oxygen atoms in total. The van der Waals surface area contributed by atoms with Gasteiger partial charge in [-0.25, -0.2) is 9.97 Å². The molecule has 102 valence electrons. The van der Waals surface area contributed by atoms with Crippen molar-refractivity contribution in [2.75, 3.05) is 25.1 Å². The van der Waals surface area contributed by atoms with Gasteiger partial charge in [0.05, 0.1) is 0 Å². The summed E-state index contributed by atoms with van der Waals surface area (Å²) in [6, 6.07) is 1.90. The summed E-state index contributed by atoms with van der Waals surface area (Å²) in [7, 11) is 0. The second-order valence-corrected chi connectivity index (χ2v) is 4.90. The van der Waals surface area contributed by atoms with Crippen LogP contribution in [-0.4, -0.2) is 29.7 Å². The lowest BCUT2D eigenvalue weighted by Gasteiger charge is -2.07. The molecule has 0 fully saturated rings. The molecule has 0 bridgehead atoms. The van der Waals surface area contributed by atoms with Crippen molar-refractivity contribution in [2.45, 2.75) is 39.5 Å². The average molecular weight is 316 g/mol. The van der Waals surface area contributed by atoms with Crippen molar-refractivity contribution in [1.82, 2.24) is 9.97 Å². The lowest BCUT2D eigenvalue weighted by Crippen LogP contribution is -2.08. The zero-order valence-electron chi connectivity index (χ0n) is 11.2. The summed E-state index contributed by atoms with van der Waals surface area (Å²) in [6.07, 6.45) is 4.17. The second-order valence-electron chi connectivity index (χ2n) is 4.09. The summed E-state index contributed by atoms with van der Waals surface area (Å²) in [5, 5.41) is 3.29. The summed E-state index contributed by atoms with van der Waals surface area (Å²) in [6.45, 7) is 6.77. The largest absolute Gasteiger partial charge is 0.381 e. The number of hydrogen-bond acceptors (Lipinski definition) is 4. The molecule has 0 amide bonds. The van der Waals surface area contributed by atoms with Gasteiger partial charge in [0.15, 0.2) is 0 Å². The Morgan fingerprint density at radius 3 is 2.72 bits per heavy atom. The van der Waals surface area contributed by atoms with Gasteiger partial charge in [-0.05, 0) is 28.8 Å². The van der Waals surface area contributed by atoms with Crippen LogP contribution in [0.1, 0.15) is 38.9 Å². The van der Waals surface area contributed by atoms with E-state index in [2.05, 4.69) is 38.1 Å². The maximum absolute atomic E-state index is 5.50. The summed E-state index contributed by atoms with van der Waals surface area (Å²) in [4.78, 5) is 8.68. The van der Waals surface area contributed by atoms with E-state index in [-0.39, 0.29) is 0 Å². The number of anilines is 1. The predicted octanol–water partition coefficient (Wildman–Crippen LogP) is 3.42. The number of ether oxygens (including phenoxy) is 1. The van der Waals surface area contributed by atoms with Gasteiger partial charge >= 0.3 is 0 Å². The Hall–Kier alpha value is -0.680. The minimum absolute atomic E-state index is 0.805. The lowest BCUT2D eigenvalue weighted by molar-refractivity contribution is 0.131. The van der Waals surface area contributed by atoms with Crippen LogP contribution in [0, 0.1) is 0 Å². The van der Waals surface area contributed by atoms with E-state index in [4.69, 9.17) is 4.74 Å². The van der Waals surface area contributed by atoms with Crippen LogP contribution in [0.25, 0.3) is 0 Å². The number of nitrogens with one attached hydrogen (secondary N) is 1. The third-order valence-corrected chi connectivity index (χ3v) is 2.88. The average Bonchev–Trinajstić information content (AvgIpc) is 2.37. The maximum atomic E-state index is 5.50. The highest BCUT2D eigenvalue weighted by molar-refractivity contribution is 9.10. The van der Waals surface area contributed by atoms with Crippen molar-refractivity contribution in [2.24, 2.45) is 0 Å². The fourth-order valence-electron chi connectivity index (χ4n) is 1.45. The van der Waals surface area contributed by atoms with Crippen molar-refractivity contribution < 1.29 is 4.74 Å². The van der Waals surface area contributed by atoms with Gasteiger partial charge in [0, 0.05) is 32.2 Å². The molecule has 0 aromatic carbocycles. The van der Waals surface area contributed by atoms with Crippen molar-refractivity contribution >= 4 is 21.7 Å². The van der Waals surface area contributed by atoms with Gasteiger partial charge in [0.1, 0.15) is 16.2 Å². The van der Waals surface area contributed by atoms with Gasteiger partial charge in [-0.1, -0.05) is 20.3 Å². The summed E-state index contributed by atoms with van der Waals surface area (Å²) < 4.78 is 6.33. The normalized spacial score (nSPS) is 10.6. The first-order valence-corrected chi connectivity index (χ1v) is 7.40. The molecule has 18 heavy (non-hydrogen) atoms. The van der Waals surface area contributed by atoms with Gasteiger partial charge in [0.25, 0.3) is 0 Å². The van der Waals surface area contributed by atoms with Gasteiger partial charge in [-0.15, -0.1) is 0 Å². The minimum Gasteiger partial charge on any atom is -0.381 e. The van der Waals surface area contributed by atoms with Crippen LogP contribution in [0.4, 0.5) is 5.82 Å². The standard InChI is InChI=1S/C13H22BrN3O/c1-3-5-8-18-9-6-7-15-13-10-11(14)16-12(4-2)17-13/h10H,3-9H2,1-2H3,(H,15,16,17). The molecule has 1 heterocycles. The Labute approximate surface area is 118 Å². The van der Waals surface area contributed by atoms with E-state index in [1.165, 1.54) is 6.42 Å². The Morgan fingerprint density at radius 1 is 1.22 bits per heavy atom. The van der Waals surface area contributed by atoms with Crippen molar-refractivity contribution in [3.63, 3.8) is 0 Å². The first-order valence-electron chi connectivity index (χ1n) is 6.61. The quantitative estimate of drug-likeness (QED) is 0.560. The summed E-state index contributed by atoms with van der Waals surface area (Å²) in [5.41, 5.74) is 0. The molecular weight excluding hydrogens is 294 g/mol. The van der Waals surface area contributed by atoms with Crippen LogP contribution in [0.2, 0.25) is 0 Å². The Kier molecular flexibility index (Phi) is 7.93. The van der Waals surface area contributed by atoms with Crippen molar-refractivity contribution in [1.29, 1.82) is 0 Å². The molecule has 0 saturated carbocycles. The van der Waals surface area contributed by atoms with Crippen LogP contribution in [0.5, 0.6) is 0 Å². The van der Waals surface area contributed by atoms with E-state index in [1.54, 1.807) is 0 Å². The van der Waals surface area contributed by atoms with Crippen LogP contribution >= 0.6 is 15.9 Å². The molecule has 1 rings (SSSR count). The number of unbranched alkanes of at least 4 members (excludes halogenated alkanes) is 1. The Morgan fingerprint density at radius 2 is 2.00 bits per heavy atom. The first-order chi connectivity index (χ1) is 8.76. The molecule has 0 aliphatic rings. The summed E-state index contributed by atoms with van der Waals surface area (Å²) in [5.74, 6) is 1.73. The minimum atomic E-state index is 0.805. The number of aryl methyl sites for hydroxylation is 1. The maximum Gasteiger partial charge on any atom is 0.131 e. The highest BCUT2D eigenvalue weighted by Crippen LogP contribution is 2.12. The molecule has 0 saturated heterocycles. The van der Waals surface area contributed by atoms with E-state index < -0.39 is 0 Å². The second kappa shape index (κ2) is 9.28. The number of halogens is 1. The molecule has 0 spiro atoms. The molecule has 0 aliphatic carbocycles. The molecule has 1 N–H and O–H groups in total. The number of aromatic nitrogens is 2. The topological polar surface area (TPSA) is 47.0 Å².